The molecule has 0 radical (unpaired) electrons. The number of aromatic nitrogens is 6. The number of rotatable bonds is 4. The molecule has 2 aliphatic carbocycles. The minimum absolute atomic E-state index is 0.117. The fourth-order valence-electron chi connectivity index (χ4n) is 7.88. The van der Waals surface area contributed by atoms with Gasteiger partial charge in [-0.25, -0.2) is 24.5 Å². The number of carbonyl (C=O) groups is 2. The van der Waals surface area contributed by atoms with Gasteiger partial charge in [-0.1, -0.05) is 12.1 Å². The Morgan fingerprint density at radius 1 is 0.680 bits per heavy atom. The summed E-state index contributed by atoms with van der Waals surface area (Å²) in [5, 5.41) is 0. The van der Waals surface area contributed by atoms with Gasteiger partial charge >= 0.3 is 12.2 Å². The molecule has 2 aromatic carbocycles. The van der Waals surface area contributed by atoms with Gasteiger partial charge in [-0.15, -0.1) is 0 Å². The predicted octanol–water partition coefficient (Wildman–Crippen LogP) is 7.70. The number of piperidine rings is 2. The zero-order valence-electron chi connectivity index (χ0n) is 29.2. The van der Waals surface area contributed by atoms with Gasteiger partial charge in [0, 0.05) is 12.1 Å². The van der Waals surface area contributed by atoms with Crippen molar-refractivity contribution in [3.8, 4) is 22.5 Å². The standard InChI is InChI=1S/C38H42N8O4/c1-37(2,3)49-35(47)45-29-13-21(29)15-31(45)33-40-18-28(44-33)27-17-39-25-11-19(7-9-23(25)41-27)20-8-10-24-26(12-20)43-34(42-24)32-16-22-14-30(22)46(32)36(48)50-38(4,5)6/h7-12,17-18,21-22,29-32H,13-16H2,1-6H3,(H,40,44)(H,42,43)/t21?,22?,29?,30-,31?,32+/m1/s1. The smallest absolute Gasteiger partial charge is 0.411 e. The van der Waals surface area contributed by atoms with Crippen LogP contribution in [0.3, 0.4) is 0 Å². The van der Waals surface area contributed by atoms with E-state index in [0.717, 1.165) is 76.2 Å². The molecule has 2 aliphatic heterocycles. The molecule has 2 saturated carbocycles. The van der Waals surface area contributed by atoms with Gasteiger partial charge in [-0.05, 0) is 114 Å². The summed E-state index contributed by atoms with van der Waals surface area (Å²) in [6.07, 6.45) is 6.80. The number of nitrogens with one attached hydrogen (secondary N) is 2. The molecule has 4 unspecified atom stereocenters. The third-order valence-corrected chi connectivity index (χ3v) is 10.3. The number of imidazole rings is 2. The van der Waals surface area contributed by atoms with Gasteiger partial charge in [0.25, 0.3) is 0 Å². The van der Waals surface area contributed by atoms with Crippen molar-refractivity contribution in [3.05, 3.63) is 60.4 Å². The lowest BCUT2D eigenvalue weighted by atomic mass is 10.0. The number of carbonyl (C=O) groups excluding carboxylic acids is 2. The number of likely N-dealkylation sites (tertiary alicyclic amines) is 2. The van der Waals surface area contributed by atoms with Crippen molar-refractivity contribution in [3.63, 3.8) is 0 Å². The highest BCUT2D eigenvalue weighted by molar-refractivity contribution is 5.87. The van der Waals surface area contributed by atoms with E-state index in [1.54, 1.807) is 12.4 Å². The van der Waals surface area contributed by atoms with Crippen molar-refractivity contribution in [1.82, 2.24) is 39.7 Å². The Hall–Kier alpha value is -5.00. The Morgan fingerprint density at radius 2 is 1.28 bits per heavy atom. The van der Waals surface area contributed by atoms with Gasteiger partial charge in [-0.3, -0.25) is 14.8 Å². The molecule has 2 saturated heterocycles. The fraction of sp³-hybridized carbons (Fsp3) is 0.474. The summed E-state index contributed by atoms with van der Waals surface area (Å²) in [5.41, 5.74) is 5.72. The van der Waals surface area contributed by atoms with Crippen molar-refractivity contribution >= 4 is 34.3 Å². The topological polar surface area (TPSA) is 142 Å². The van der Waals surface area contributed by atoms with Crippen LogP contribution >= 0.6 is 0 Å². The van der Waals surface area contributed by atoms with Crippen LogP contribution in [0.4, 0.5) is 9.59 Å². The molecule has 4 fully saturated rings. The number of hydrogen-bond donors (Lipinski definition) is 2. The van der Waals surface area contributed by atoms with E-state index in [4.69, 9.17) is 24.4 Å². The van der Waals surface area contributed by atoms with Gasteiger partial charge in [0.2, 0.25) is 0 Å². The largest absolute Gasteiger partial charge is 0.444 e. The Bertz CT molecular complexity index is 2180. The summed E-state index contributed by atoms with van der Waals surface area (Å²) >= 11 is 0. The second-order valence-electron chi connectivity index (χ2n) is 16.4. The average Bonchev–Trinajstić information content (AvgIpc) is 3.67. The lowest BCUT2D eigenvalue weighted by Gasteiger charge is -2.29. The molecular formula is C38H42N8O4. The average molecular weight is 675 g/mol. The third kappa shape index (κ3) is 5.54. The first-order valence-corrected chi connectivity index (χ1v) is 17.6. The lowest BCUT2D eigenvalue weighted by molar-refractivity contribution is 0.0164. The Labute approximate surface area is 290 Å². The van der Waals surface area contributed by atoms with E-state index in [9.17, 15) is 9.59 Å². The molecule has 4 aliphatic rings. The van der Waals surface area contributed by atoms with E-state index in [1.165, 1.54) is 0 Å². The zero-order chi connectivity index (χ0) is 34.7. The van der Waals surface area contributed by atoms with Gasteiger partial charge < -0.3 is 19.4 Å². The number of H-pyrrole nitrogens is 2. The number of amides is 2. The van der Waals surface area contributed by atoms with Crippen molar-refractivity contribution in [1.29, 1.82) is 0 Å². The Kier molecular flexibility index (Phi) is 6.67. The molecule has 50 heavy (non-hydrogen) atoms. The van der Waals surface area contributed by atoms with Crippen LogP contribution < -0.4 is 0 Å². The van der Waals surface area contributed by atoms with Gasteiger partial charge in [0.05, 0.1) is 52.2 Å². The van der Waals surface area contributed by atoms with E-state index in [2.05, 4.69) is 33.2 Å². The quantitative estimate of drug-likeness (QED) is 0.198. The minimum Gasteiger partial charge on any atom is -0.444 e. The number of fused-ring (bicyclic) bond motifs is 4. The molecule has 2 amide bonds. The predicted molar refractivity (Wildman–Crippen MR) is 187 cm³/mol. The first-order valence-electron chi connectivity index (χ1n) is 17.6. The zero-order valence-corrected chi connectivity index (χ0v) is 29.2. The van der Waals surface area contributed by atoms with E-state index < -0.39 is 11.2 Å². The number of benzene rings is 2. The molecule has 0 bridgehead atoms. The Balaban J connectivity index is 0.937. The molecular weight excluding hydrogens is 632 g/mol. The summed E-state index contributed by atoms with van der Waals surface area (Å²) in [5.74, 6) is 2.56. The van der Waals surface area contributed by atoms with E-state index in [1.807, 2.05) is 69.5 Å². The summed E-state index contributed by atoms with van der Waals surface area (Å²) in [7, 11) is 0. The van der Waals surface area contributed by atoms with Gasteiger partial charge in [0.1, 0.15) is 28.5 Å². The summed E-state index contributed by atoms with van der Waals surface area (Å²) in [6, 6.07) is 12.5. The van der Waals surface area contributed by atoms with Crippen LogP contribution in [0.5, 0.6) is 0 Å². The van der Waals surface area contributed by atoms with Crippen LogP contribution in [0.25, 0.3) is 44.6 Å². The van der Waals surface area contributed by atoms with Gasteiger partial charge in [-0.2, -0.15) is 0 Å². The summed E-state index contributed by atoms with van der Waals surface area (Å²) in [6.45, 7) is 11.4. The normalized spacial score (nSPS) is 25.6. The molecule has 12 nitrogen and oxygen atoms in total. The number of hydrogen-bond acceptors (Lipinski definition) is 8. The third-order valence-electron chi connectivity index (χ3n) is 10.3. The van der Waals surface area contributed by atoms with Crippen molar-refractivity contribution in [2.45, 2.75) is 103 Å². The maximum atomic E-state index is 13.1. The lowest BCUT2D eigenvalue weighted by Crippen LogP contribution is -2.38. The Morgan fingerprint density at radius 3 is 1.92 bits per heavy atom. The number of nitrogens with zero attached hydrogens (tertiary/aromatic N) is 6. The highest BCUT2D eigenvalue weighted by Gasteiger charge is 2.57. The molecule has 12 heteroatoms. The molecule has 6 atom stereocenters. The first-order chi connectivity index (χ1) is 23.8. The van der Waals surface area contributed by atoms with Crippen LogP contribution in [0.15, 0.2) is 48.8 Å². The minimum atomic E-state index is -0.554. The molecule has 3 aromatic heterocycles. The summed E-state index contributed by atoms with van der Waals surface area (Å²) < 4.78 is 11.5. The summed E-state index contributed by atoms with van der Waals surface area (Å²) in [4.78, 5) is 56.1. The van der Waals surface area contributed by atoms with E-state index in [0.29, 0.717) is 17.5 Å². The fourth-order valence-corrected chi connectivity index (χ4v) is 7.88. The molecule has 258 valence electrons. The number of aromatic amines is 2. The van der Waals surface area contributed by atoms with Crippen molar-refractivity contribution in [2.75, 3.05) is 0 Å². The van der Waals surface area contributed by atoms with Crippen molar-refractivity contribution < 1.29 is 19.1 Å². The molecule has 9 rings (SSSR count). The monoisotopic (exact) mass is 674 g/mol. The van der Waals surface area contributed by atoms with Crippen LogP contribution in [0.1, 0.15) is 91.0 Å². The van der Waals surface area contributed by atoms with Crippen LogP contribution in [0.2, 0.25) is 0 Å². The number of ether oxygens (including phenoxy) is 2. The van der Waals surface area contributed by atoms with Crippen LogP contribution in [-0.2, 0) is 9.47 Å². The highest BCUT2D eigenvalue weighted by Crippen LogP contribution is 2.54. The molecule has 2 N–H and O–H groups in total. The van der Waals surface area contributed by atoms with Crippen molar-refractivity contribution in [2.24, 2.45) is 11.8 Å². The first kappa shape index (κ1) is 31.0. The molecule has 5 aromatic rings. The molecule has 0 spiro atoms. The maximum Gasteiger partial charge on any atom is 0.411 e. The highest BCUT2D eigenvalue weighted by atomic mass is 16.6. The van der Waals surface area contributed by atoms with Crippen LogP contribution in [-0.4, -0.2) is 75.2 Å². The van der Waals surface area contributed by atoms with Gasteiger partial charge in [0.15, 0.2) is 0 Å². The second kappa shape index (κ2) is 10.7. The van der Waals surface area contributed by atoms with E-state index in [-0.39, 0.29) is 36.4 Å². The van der Waals surface area contributed by atoms with Crippen LogP contribution in [0, 0.1) is 11.8 Å². The second-order valence-corrected chi connectivity index (χ2v) is 16.4. The van der Waals surface area contributed by atoms with E-state index >= 15 is 0 Å². The SMILES string of the molecule is CC(C)(C)OC(=O)N1C(c2ncc(-c3cnc4cc(-c5ccc6nc([C@@H]7CC8C[C@H]8N7C(=O)OC(C)(C)C)[nH]c6c5)ccc4n3)[nH]2)CC2CC21. The molecule has 5 heterocycles. The maximum absolute atomic E-state index is 13.1.